The van der Waals surface area contributed by atoms with E-state index in [4.69, 9.17) is 4.98 Å². The molecule has 1 aromatic rings. The lowest BCUT2D eigenvalue weighted by Crippen LogP contribution is -2.26. The molecule has 0 aromatic carbocycles. The maximum atomic E-state index is 9.40. The first-order valence-corrected chi connectivity index (χ1v) is 7.36. The van der Waals surface area contributed by atoms with Crippen LogP contribution in [0.25, 0.3) is 0 Å². The Bertz CT molecular complexity index is 371. The molecule has 1 fully saturated rings. The molecule has 96 valence electrons. The van der Waals surface area contributed by atoms with Crippen molar-refractivity contribution in [1.29, 1.82) is 0 Å². The molecule has 0 spiro atoms. The molecule has 0 aliphatic heterocycles. The summed E-state index contributed by atoms with van der Waals surface area (Å²) in [7, 11) is 0. The molecule has 0 bridgehead atoms. The van der Waals surface area contributed by atoms with Crippen molar-refractivity contribution in [3.05, 3.63) is 10.6 Å². The fraction of sp³-hybridized carbons (Fsp3) is 0.769. The van der Waals surface area contributed by atoms with Crippen molar-refractivity contribution in [2.45, 2.75) is 58.6 Å². The molecule has 3 nitrogen and oxygen atoms in total. The number of aliphatic hydroxyl groups is 1. The minimum Gasteiger partial charge on any atom is -0.391 e. The zero-order valence-corrected chi connectivity index (χ0v) is 11.8. The third kappa shape index (κ3) is 2.80. The number of rotatable bonds is 6. The summed E-state index contributed by atoms with van der Waals surface area (Å²) < 4.78 is 0. The predicted octanol–water partition coefficient (Wildman–Crippen LogP) is 3.14. The highest BCUT2D eigenvalue weighted by atomic mass is 32.1. The van der Waals surface area contributed by atoms with Crippen LogP contribution in [0, 0.1) is 0 Å². The third-order valence-corrected chi connectivity index (χ3v) is 4.20. The van der Waals surface area contributed by atoms with Gasteiger partial charge < -0.3 is 10.0 Å². The lowest BCUT2D eigenvalue weighted by atomic mass is 10.1. The minimum absolute atomic E-state index is 0.121. The number of hydrogen-bond donors (Lipinski definition) is 1. The lowest BCUT2D eigenvalue weighted by Gasteiger charge is -2.20. The summed E-state index contributed by atoms with van der Waals surface area (Å²) in [6, 6.07) is 0.702. The number of anilines is 1. The normalized spacial score (nSPS) is 15.6. The summed E-state index contributed by atoms with van der Waals surface area (Å²) in [4.78, 5) is 8.21. The number of hydrogen-bond acceptors (Lipinski definition) is 4. The van der Waals surface area contributed by atoms with Gasteiger partial charge in [-0.3, -0.25) is 0 Å². The molecule has 1 aromatic heterocycles. The van der Waals surface area contributed by atoms with Gasteiger partial charge >= 0.3 is 0 Å². The summed E-state index contributed by atoms with van der Waals surface area (Å²) in [6.07, 6.45) is 3.75. The second-order valence-electron chi connectivity index (χ2n) is 5.04. The van der Waals surface area contributed by atoms with E-state index < -0.39 is 0 Å². The summed E-state index contributed by atoms with van der Waals surface area (Å²) in [5.74, 6) is 0.393. The van der Waals surface area contributed by atoms with Gasteiger partial charge in [0.2, 0.25) is 0 Å². The fourth-order valence-corrected chi connectivity index (χ4v) is 3.27. The van der Waals surface area contributed by atoms with Crippen LogP contribution in [0.5, 0.6) is 0 Å². The van der Waals surface area contributed by atoms with Crippen LogP contribution in [0.2, 0.25) is 0 Å². The molecule has 1 saturated carbocycles. The van der Waals surface area contributed by atoms with Gasteiger partial charge in [0.15, 0.2) is 5.13 Å². The van der Waals surface area contributed by atoms with Crippen molar-refractivity contribution >= 4 is 16.5 Å². The Morgan fingerprint density at radius 1 is 1.47 bits per heavy atom. The molecule has 2 rings (SSSR count). The molecule has 1 N–H and O–H groups in total. The van der Waals surface area contributed by atoms with Crippen molar-refractivity contribution in [3.8, 4) is 0 Å². The molecule has 0 atom stereocenters. The molecular weight excluding hydrogens is 232 g/mol. The first-order chi connectivity index (χ1) is 8.17. The smallest absolute Gasteiger partial charge is 0.186 e. The van der Waals surface area contributed by atoms with Crippen LogP contribution in [-0.2, 0) is 6.61 Å². The average Bonchev–Trinajstić information content (AvgIpc) is 3.04. The highest BCUT2D eigenvalue weighted by molar-refractivity contribution is 7.15. The van der Waals surface area contributed by atoms with E-state index in [1.165, 1.54) is 12.8 Å². The minimum atomic E-state index is 0.121. The first-order valence-electron chi connectivity index (χ1n) is 6.54. The molecule has 1 heterocycles. The number of thiazole rings is 1. The highest BCUT2D eigenvalue weighted by Crippen LogP contribution is 2.37. The Morgan fingerprint density at radius 2 is 2.18 bits per heavy atom. The van der Waals surface area contributed by atoms with Crippen molar-refractivity contribution in [2.75, 3.05) is 11.4 Å². The summed E-state index contributed by atoms with van der Waals surface area (Å²) in [5, 5.41) is 10.5. The topological polar surface area (TPSA) is 36.4 Å². The quantitative estimate of drug-likeness (QED) is 0.847. The van der Waals surface area contributed by atoms with Gasteiger partial charge in [-0.1, -0.05) is 32.1 Å². The van der Waals surface area contributed by atoms with Crippen molar-refractivity contribution in [1.82, 2.24) is 4.98 Å². The SMILES string of the molecule is CCCN(c1nc(C(C)C)c(CO)s1)C1CC1. The summed E-state index contributed by atoms with van der Waals surface area (Å²) >= 11 is 1.67. The Kier molecular flexibility index (Phi) is 4.05. The third-order valence-electron chi connectivity index (χ3n) is 3.10. The van der Waals surface area contributed by atoms with Crippen LogP contribution >= 0.6 is 11.3 Å². The monoisotopic (exact) mass is 254 g/mol. The van der Waals surface area contributed by atoms with Gasteiger partial charge in [0.05, 0.1) is 17.2 Å². The van der Waals surface area contributed by atoms with E-state index >= 15 is 0 Å². The van der Waals surface area contributed by atoms with E-state index in [2.05, 4.69) is 25.7 Å². The van der Waals surface area contributed by atoms with Crippen LogP contribution in [0.4, 0.5) is 5.13 Å². The van der Waals surface area contributed by atoms with Gasteiger partial charge in [0, 0.05) is 12.6 Å². The zero-order chi connectivity index (χ0) is 12.4. The first kappa shape index (κ1) is 12.8. The van der Waals surface area contributed by atoms with Gasteiger partial charge in [0.1, 0.15) is 0 Å². The van der Waals surface area contributed by atoms with Crippen LogP contribution in [0.15, 0.2) is 0 Å². The van der Waals surface area contributed by atoms with Gasteiger partial charge in [-0.2, -0.15) is 0 Å². The lowest BCUT2D eigenvalue weighted by molar-refractivity contribution is 0.283. The molecule has 0 saturated heterocycles. The van der Waals surface area contributed by atoms with E-state index in [-0.39, 0.29) is 6.61 Å². The number of aliphatic hydroxyl groups excluding tert-OH is 1. The number of aromatic nitrogens is 1. The largest absolute Gasteiger partial charge is 0.391 e. The fourth-order valence-electron chi connectivity index (χ4n) is 2.10. The van der Waals surface area contributed by atoms with Crippen LogP contribution in [0.3, 0.4) is 0 Å². The van der Waals surface area contributed by atoms with Crippen LogP contribution in [-0.4, -0.2) is 22.7 Å². The Labute approximate surface area is 107 Å². The molecule has 1 aliphatic carbocycles. The van der Waals surface area contributed by atoms with E-state index in [0.717, 1.165) is 28.7 Å². The number of nitrogens with zero attached hydrogens (tertiary/aromatic N) is 2. The second kappa shape index (κ2) is 5.36. The van der Waals surface area contributed by atoms with Crippen LogP contribution < -0.4 is 4.90 Å². The van der Waals surface area contributed by atoms with Crippen molar-refractivity contribution in [2.24, 2.45) is 0 Å². The van der Waals surface area contributed by atoms with E-state index in [9.17, 15) is 5.11 Å². The van der Waals surface area contributed by atoms with E-state index in [0.29, 0.717) is 12.0 Å². The molecule has 1 aliphatic rings. The van der Waals surface area contributed by atoms with Crippen molar-refractivity contribution in [3.63, 3.8) is 0 Å². The molecule has 0 amide bonds. The summed E-state index contributed by atoms with van der Waals surface area (Å²) in [6.45, 7) is 7.69. The molecule has 17 heavy (non-hydrogen) atoms. The maximum absolute atomic E-state index is 9.40. The predicted molar refractivity (Wildman–Crippen MR) is 72.8 cm³/mol. The van der Waals surface area contributed by atoms with Gasteiger partial charge in [-0.25, -0.2) is 4.98 Å². The highest BCUT2D eigenvalue weighted by Gasteiger charge is 2.31. The maximum Gasteiger partial charge on any atom is 0.186 e. The Balaban J connectivity index is 2.24. The zero-order valence-electron chi connectivity index (χ0n) is 10.9. The van der Waals surface area contributed by atoms with Gasteiger partial charge in [0.25, 0.3) is 0 Å². The summed E-state index contributed by atoms with van der Waals surface area (Å²) in [5.41, 5.74) is 1.08. The average molecular weight is 254 g/mol. The Hall–Kier alpha value is -0.610. The van der Waals surface area contributed by atoms with Crippen molar-refractivity contribution < 1.29 is 5.11 Å². The molecule has 0 unspecified atom stereocenters. The molecule has 4 heteroatoms. The van der Waals surface area contributed by atoms with Crippen LogP contribution in [0.1, 0.15) is 56.5 Å². The van der Waals surface area contributed by atoms with E-state index in [1.54, 1.807) is 11.3 Å². The second-order valence-corrected chi connectivity index (χ2v) is 6.10. The Morgan fingerprint density at radius 3 is 2.59 bits per heavy atom. The van der Waals surface area contributed by atoms with E-state index in [1.807, 2.05) is 0 Å². The molecule has 0 radical (unpaired) electrons. The van der Waals surface area contributed by atoms with Gasteiger partial charge in [-0.05, 0) is 25.2 Å². The van der Waals surface area contributed by atoms with Gasteiger partial charge in [-0.15, -0.1) is 0 Å². The standard InChI is InChI=1S/C13H22N2OS/c1-4-7-15(10-5-6-10)13-14-12(9(2)3)11(8-16)17-13/h9-10,16H,4-8H2,1-3H3. The molecular formula is C13H22N2OS.